The number of carbonyl (C=O) groups excluding carboxylic acids is 3. The lowest BCUT2D eigenvalue weighted by molar-refractivity contribution is -0.116. The van der Waals surface area contributed by atoms with Crippen LogP contribution in [0.15, 0.2) is 46.9 Å². The second-order valence-electron chi connectivity index (χ2n) is 7.70. The molecule has 7 heteroatoms. The summed E-state index contributed by atoms with van der Waals surface area (Å²) in [6, 6.07) is 12.9. The molecule has 2 aliphatic heterocycles. The number of nitrogens with zero attached hydrogens (tertiary/aromatic N) is 2. The van der Waals surface area contributed by atoms with Crippen molar-refractivity contribution in [3.8, 4) is 0 Å². The number of hydrogen-bond donors (Lipinski definition) is 1. The standard InChI is InChI=1S/C23H24BrN3O3/c24-16-5-10-19-20(15-16)23(30)27(22(19)29)14-11-21(28)25-17-6-8-18(9-7-17)26-12-3-1-2-4-13-26/h5-10,15H,1-4,11-14H2,(H,25,28). The number of imide groups is 1. The van der Waals surface area contributed by atoms with Crippen molar-refractivity contribution in [2.24, 2.45) is 0 Å². The van der Waals surface area contributed by atoms with Gasteiger partial charge >= 0.3 is 0 Å². The van der Waals surface area contributed by atoms with Gasteiger partial charge in [0.2, 0.25) is 5.91 Å². The van der Waals surface area contributed by atoms with Gasteiger partial charge in [-0.05, 0) is 55.3 Å². The number of fused-ring (bicyclic) bond motifs is 1. The van der Waals surface area contributed by atoms with Crippen molar-refractivity contribution < 1.29 is 14.4 Å². The van der Waals surface area contributed by atoms with Crippen molar-refractivity contribution in [1.82, 2.24) is 4.90 Å². The van der Waals surface area contributed by atoms with Gasteiger partial charge in [-0.3, -0.25) is 19.3 Å². The molecule has 0 bridgehead atoms. The van der Waals surface area contributed by atoms with Gasteiger partial charge in [-0.1, -0.05) is 28.8 Å². The predicted octanol–water partition coefficient (Wildman–Crippen LogP) is 4.45. The molecule has 0 unspecified atom stereocenters. The summed E-state index contributed by atoms with van der Waals surface area (Å²) in [5, 5.41) is 2.85. The Morgan fingerprint density at radius 3 is 2.27 bits per heavy atom. The average molecular weight is 470 g/mol. The van der Waals surface area contributed by atoms with Gasteiger partial charge < -0.3 is 10.2 Å². The molecule has 30 heavy (non-hydrogen) atoms. The highest BCUT2D eigenvalue weighted by molar-refractivity contribution is 9.10. The van der Waals surface area contributed by atoms with Gasteiger partial charge in [0, 0.05) is 41.9 Å². The molecule has 2 aliphatic rings. The number of carbonyl (C=O) groups is 3. The van der Waals surface area contributed by atoms with E-state index in [1.54, 1.807) is 18.2 Å². The van der Waals surface area contributed by atoms with E-state index in [1.807, 2.05) is 24.3 Å². The van der Waals surface area contributed by atoms with Crippen LogP contribution in [0, 0.1) is 0 Å². The largest absolute Gasteiger partial charge is 0.372 e. The Labute approximate surface area is 184 Å². The molecule has 0 aliphatic carbocycles. The summed E-state index contributed by atoms with van der Waals surface area (Å²) in [5.41, 5.74) is 2.64. The van der Waals surface area contributed by atoms with Gasteiger partial charge in [0.1, 0.15) is 0 Å². The lowest BCUT2D eigenvalue weighted by Gasteiger charge is -2.22. The van der Waals surface area contributed by atoms with Crippen molar-refractivity contribution in [3.63, 3.8) is 0 Å². The Morgan fingerprint density at radius 2 is 1.57 bits per heavy atom. The first-order valence-corrected chi connectivity index (χ1v) is 11.1. The highest BCUT2D eigenvalue weighted by atomic mass is 79.9. The number of hydrogen-bond acceptors (Lipinski definition) is 4. The molecule has 0 aromatic heterocycles. The van der Waals surface area contributed by atoms with Crippen molar-refractivity contribution in [2.45, 2.75) is 32.1 Å². The number of halogens is 1. The summed E-state index contributed by atoms with van der Waals surface area (Å²) < 4.78 is 0.741. The molecule has 1 N–H and O–H groups in total. The van der Waals surface area contributed by atoms with Crippen molar-refractivity contribution in [1.29, 1.82) is 0 Å². The zero-order valence-electron chi connectivity index (χ0n) is 16.7. The number of benzene rings is 2. The number of amides is 3. The molecule has 4 rings (SSSR count). The first-order chi connectivity index (χ1) is 14.5. The van der Waals surface area contributed by atoms with E-state index >= 15 is 0 Å². The van der Waals surface area contributed by atoms with Gasteiger partial charge in [-0.2, -0.15) is 0 Å². The summed E-state index contributed by atoms with van der Waals surface area (Å²) in [6.45, 7) is 2.20. The van der Waals surface area contributed by atoms with Crippen LogP contribution in [0.5, 0.6) is 0 Å². The van der Waals surface area contributed by atoms with Gasteiger partial charge in [0.05, 0.1) is 11.1 Å². The minimum atomic E-state index is -0.356. The topological polar surface area (TPSA) is 69.7 Å². The number of rotatable bonds is 5. The first-order valence-electron chi connectivity index (χ1n) is 10.3. The fraction of sp³-hybridized carbons (Fsp3) is 0.348. The molecule has 2 aromatic rings. The normalized spacial score (nSPS) is 16.4. The predicted molar refractivity (Wildman–Crippen MR) is 120 cm³/mol. The van der Waals surface area contributed by atoms with Crippen LogP contribution in [-0.4, -0.2) is 42.3 Å². The SMILES string of the molecule is O=C(CCN1C(=O)c2ccc(Br)cc2C1=O)Nc1ccc(N2CCCCCC2)cc1. The van der Waals surface area contributed by atoms with Crippen molar-refractivity contribution in [3.05, 3.63) is 58.1 Å². The van der Waals surface area contributed by atoms with Crippen LogP contribution in [0.2, 0.25) is 0 Å². The maximum Gasteiger partial charge on any atom is 0.261 e. The summed E-state index contributed by atoms with van der Waals surface area (Å²) in [4.78, 5) is 40.8. The van der Waals surface area contributed by atoms with Crippen LogP contribution >= 0.6 is 15.9 Å². The summed E-state index contributed by atoms with van der Waals surface area (Å²) in [7, 11) is 0. The van der Waals surface area contributed by atoms with Crippen LogP contribution < -0.4 is 10.2 Å². The third kappa shape index (κ3) is 4.41. The zero-order chi connectivity index (χ0) is 21.1. The summed E-state index contributed by atoms with van der Waals surface area (Å²) in [6.07, 6.45) is 5.06. The molecule has 1 saturated heterocycles. The monoisotopic (exact) mass is 469 g/mol. The van der Waals surface area contributed by atoms with E-state index in [-0.39, 0.29) is 30.7 Å². The molecule has 0 saturated carbocycles. The van der Waals surface area contributed by atoms with Crippen molar-refractivity contribution in [2.75, 3.05) is 29.9 Å². The van der Waals surface area contributed by atoms with E-state index < -0.39 is 0 Å². The average Bonchev–Trinajstić information content (AvgIpc) is 2.92. The zero-order valence-corrected chi connectivity index (χ0v) is 18.3. The Balaban J connectivity index is 1.32. The van der Waals surface area contributed by atoms with Gasteiger partial charge in [0.15, 0.2) is 0 Å². The van der Waals surface area contributed by atoms with Crippen LogP contribution in [0.1, 0.15) is 52.8 Å². The quantitative estimate of drug-likeness (QED) is 0.656. The maximum atomic E-state index is 12.5. The third-order valence-electron chi connectivity index (χ3n) is 5.62. The Morgan fingerprint density at radius 1 is 0.900 bits per heavy atom. The molecule has 3 amide bonds. The molecule has 1 fully saturated rings. The van der Waals surface area contributed by atoms with E-state index in [4.69, 9.17) is 0 Å². The minimum Gasteiger partial charge on any atom is -0.372 e. The van der Waals surface area contributed by atoms with Gasteiger partial charge in [0.25, 0.3) is 11.8 Å². The molecular weight excluding hydrogens is 446 g/mol. The lowest BCUT2D eigenvalue weighted by Crippen LogP contribution is -2.32. The van der Waals surface area contributed by atoms with E-state index in [9.17, 15) is 14.4 Å². The van der Waals surface area contributed by atoms with Crippen LogP contribution in [-0.2, 0) is 4.79 Å². The van der Waals surface area contributed by atoms with Gasteiger partial charge in [-0.25, -0.2) is 0 Å². The van der Waals surface area contributed by atoms with E-state index in [0.29, 0.717) is 16.8 Å². The second-order valence-corrected chi connectivity index (χ2v) is 8.61. The van der Waals surface area contributed by atoms with E-state index in [0.717, 1.165) is 22.5 Å². The first kappa shape index (κ1) is 20.6. The fourth-order valence-corrected chi connectivity index (χ4v) is 4.35. The molecular formula is C23H24BrN3O3. The molecule has 0 spiro atoms. The lowest BCUT2D eigenvalue weighted by atomic mass is 10.1. The second kappa shape index (κ2) is 9.00. The van der Waals surface area contributed by atoms with Crippen LogP contribution in [0.4, 0.5) is 11.4 Å². The molecule has 0 radical (unpaired) electrons. The molecule has 156 valence electrons. The Bertz CT molecular complexity index is 966. The molecule has 0 atom stereocenters. The highest BCUT2D eigenvalue weighted by Crippen LogP contribution is 2.26. The van der Waals surface area contributed by atoms with Crippen LogP contribution in [0.3, 0.4) is 0 Å². The molecule has 2 aromatic carbocycles. The van der Waals surface area contributed by atoms with Crippen LogP contribution in [0.25, 0.3) is 0 Å². The molecule has 6 nitrogen and oxygen atoms in total. The van der Waals surface area contributed by atoms with Gasteiger partial charge in [-0.15, -0.1) is 0 Å². The fourth-order valence-electron chi connectivity index (χ4n) is 3.99. The summed E-state index contributed by atoms with van der Waals surface area (Å²) in [5.74, 6) is -0.932. The summed E-state index contributed by atoms with van der Waals surface area (Å²) >= 11 is 3.32. The Hall–Kier alpha value is -2.67. The van der Waals surface area contributed by atoms with E-state index in [1.165, 1.54) is 31.4 Å². The Kier molecular flexibility index (Phi) is 6.18. The number of nitrogens with one attached hydrogen (secondary N) is 1. The van der Waals surface area contributed by atoms with Crippen molar-refractivity contribution >= 4 is 45.0 Å². The molecule has 2 heterocycles. The smallest absolute Gasteiger partial charge is 0.261 e. The third-order valence-corrected chi connectivity index (χ3v) is 6.11. The van der Waals surface area contributed by atoms with E-state index in [2.05, 4.69) is 26.1 Å². The number of anilines is 2. The highest BCUT2D eigenvalue weighted by Gasteiger charge is 2.35. The maximum absolute atomic E-state index is 12.5. The minimum absolute atomic E-state index is 0.0561.